The Morgan fingerprint density at radius 1 is 1.04 bits per heavy atom. The molecule has 5 nitrogen and oxygen atoms in total. The van der Waals surface area contributed by atoms with Crippen LogP contribution in [0.5, 0.6) is 0 Å². The van der Waals surface area contributed by atoms with Gasteiger partial charge in [-0.05, 0) is 29.1 Å². The van der Waals surface area contributed by atoms with Gasteiger partial charge < -0.3 is 9.88 Å². The van der Waals surface area contributed by atoms with E-state index in [9.17, 15) is 4.39 Å². The molecule has 1 aliphatic rings. The lowest BCUT2D eigenvalue weighted by Gasteiger charge is -2.34. The molecule has 0 radical (unpaired) electrons. The molecule has 2 aromatic heterocycles. The molecule has 1 fully saturated rings. The predicted molar refractivity (Wildman–Crippen MR) is 87.8 cm³/mol. The number of fused-ring (bicyclic) bond motifs is 1. The van der Waals surface area contributed by atoms with Crippen molar-refractivity contribution >= 4 is 16.9 Å². The van der Waals surface area contributed by atoms with Crippen molar-refractivity contribution < 1.29 is 4.39 Å². The number of aromatic nitrogens is 3. The van der Waals surface area contributed by atoms with Crippen LogP contribution in [0.15, 0.2) is 42.9 Å². The van der Waals surface area contributed by atoms with Crippen molar-refractivity contribution in [2.75, 3.05) is 31.1 Å². The molecule has 1 aromatic carbocycles. The minimum atomic E-state index is -0.396. The van der Waals surface area contributed by atoms with Crippen molar-refractivity contribution in [2.45, 2.75) is 6.54 Å². The summed E-state index contributed by atoms with van der Waals surface area (Å²) in [6, 6.07) is 8.64. The molecule has 118 valence electrons. The van der Waals surface area contributed by atoms with Gasteiger partial charge in [-0.2, -0.15) is 0 Å². The smallest absolute Gasteiger partial charge is 0.225 e. The number of H-pyrrole nitrogens is 1. The minimum Gasteiger partial charge on any atom is -0.361 e. The number of hydrogen-bond donors (Lipinski definition) is 1. The van der Waals surface area contributed by atoms with E-state index < -0.39 is 5.82 Å². The number of anilines is 1. The molecule has 0 aliphatic carbocycles. The average molecular weight is 311 g/mol. The summed E-state index contributed by atoms with van der Waals surface area (Å²) in [7, 11) is 0. The Bertz CT molecular complexity index is 790. The quantitative estimate of drug-likeness (QED) is 0.807. The van der Waals surface area contributed by atoms with E-state index in [0.717, 1.165) is 32.7 Å². The van der Waals surface area contributed by atoms with E-state index in [4.69, 9.17) is 0 Å². The Morgan fingerprint density at radius 3 is 2.61 bits per heavy atom. The second-order valence-electron chi connectivity index (χ2n) is 5.86. The van der Waals surface area contributed by atoms with Gasteiger partial charge in [0.15, 0.2) is 5.82 Å². The van der Waals surface area contributed by atoms with Crippen molar-refractivity contribution in [1.29, 1.82) is 0 Å². The monoisotopic (exact) mass is 311 g/mol. The fourth-order valence-corrected chi connectivity index (χ4v) is 3.03. The normalized spacial score (nSPS) is 16.1. The van der Waals surface area contributed by atoms with Crippen LogP contribution in [0.25, 0.3) is 10.9 Å². The van der Waals surface area contributed by atoms with E-state index in [2.05, 4.69) is 49.0 Å². The molecule has 3 heterocycles. The van der Waals surface area contributed by atoms with Crippen LogP contribution in [-0.4, -0.2) is 46.0 Å². The van der Waals surface area contributed by atoms with Gasteiger partial charge in [0.1, 0.15) is 0 Å². The van der Waals surface area contributed by atoms with Crippen molar-refractivity contribution in [2.24, 2.45) is 0 Å². The van der Waals surface area contributed by atoms with E-state index in [-0.39, 0.29) is 0 Å². The highest BCUT2D eigenvalue weighted by molar-refractivity contribution is 5.79. The highest BCUT2D eigenvalue weighted by atomic mass is 19.1. The second-order valence-corrected chi connectivity index (χ2v) is 5.86. The zero-order valence-corrected chi connectivity index (χ0v) is 12.7. The van der Waals surface area contributed by atoms with E-state index in [1.807, 2.05) is 6.20 Å². The molecule has 4 rings (SSSR count). The number of hydrogen-bond acceptors (Lipinski definition) is 4. The third-order valence-corrected chi connectivity index (χ3v) is 4.29. The maximum Gasteiger partial charge on any atom is 0.225 e. The molecule has 1 aliphatic heterocycles. The van der Waals surface area contributed by atoms with Gasteiger partial charge in [-0.25, -0.2) is 14.4 Å². The Hall–Kier alpha value is -2.47. The Kier molecular flexibility index (Phi) is 3.67. The molecule has 0 unspecified atom stereocenters. The van der Waals surface area contributed by atoms with Crippen LogP contribution in [0.3, 0.4) is 0 Å². The van der Waals surface area contributed by atoms with Crippen LogP contribution in [0.2, 0.25) is 0 Å². The number of rotatable bonds is 3. The summed E-state index contributed by atoms with van der Waals surface area (Å²) in [5.74, 6) is 0.215. The van der Waals surface area contributed by atoms with E-state index in [0.29, 0.717) is 5.95 Å². The van der Waals surface area contributed by atoms with Gasteiger partial charge in [0.05, 0.1) is 12.4 Å². The number of halogens is 1. The summed E-state index contributed by atoms with van der Waals surface area (Å²) in [6.45, 7) is 4.56. The van der Waals surface area contributed by atoms with Gasteiger partial charge in [-0.1, -0.05) is 6.07 Å². The topological polar surface area (TPSA) is 48.1 Å². The first-order valence-electron chi connectivity index (χ1n) is 7.79. The molecule has 1 N–H and O–H groups in total. The average Bonchev–Trinajstić information content (AvgIpc) is 3.04. The van der Waals surface area contributed by atoms with Gasteiger partial charge >= 0.3 is 0 Å². The van der Waals surface area contributed by atoms with Gasteiger partial charge in [0.25, 0.3) is 0 Å². The first kappa shape index (κ1) is 14.1. The van der Waals surface area contributed by atoms with Gasteiger partial charge in [-0.3, -0.25) is 4.90 Å². The van der Waals surface area contributed by atoms with Crippen LogP contribution in [-0.2, 0) is 6.54 Å². The second kappa shape index (κ2) is 5.96. The molecule has 3 aromatic rings. The summed E-state index contributed by atoms with van der Waals surface area (Å²) < 4.78 is 12.9. The van der Waals surface area contributed by atoms with Crippen LogP contribution in [0.1, 0.15) is 5.56 Å². The third-order valence-electron chi connectivity index (χ3n) is 4.29. The fraction of sp³-hybridized carbons (Fsp3) is 0.294. The number of benzene rings is 1. The lowest BCUT2D eigenvalue weighted by Crippen LogP contribution is -2.46. The Balaban J connectivity index is 1.38. The Labute approximate surface area is 133 Å². The molecular formula is C17H18FN5. The number of aromatic amines is 1. The molecular weight excluding hydrogens is 293 g/mol. The molecule has 23 heavy (non-hydrogen) atoms. The van der Waals surface area contributed by atoms with Crippen LogP contribution >= 0.6 is 0 Å². The van der Waals surface area contributed by atoms with E-state index in [1.54, 1.807) is 0 Å². The predicted octanol–water partition coefficient (Wildman–Crippen LogP) is 2.42. The van der Waals surface area contributed by atoms with Crippen LogP contribution in [0, 0.1) is 5.82 Å². The first-order chi connectivity index (χ1) is 11.3. The Morgan fingerprint density at radius 2 is 1.83 bits per heavy atom. The summed E-state index contributed by atoms with van der Waals surface area (Å²) in [6.07, 6.45) is 4.41. The van der Waals surface area contributed by atoms with Crippen molar-refractivity contribution in [3.05, 3.63) is 54.2 Å². The zero-order chi connectivity index (χ0) is 15.6. The van der Waals surface area contributed by atoms with Crippen molar-refractivity contribution in [3.8, 4) is 0 Å². The number of nitrogens with one attached hydrogen (secondary N) is 1. The molecule has 0 saturated carbocycles. The molecule has 0 bridgehead atoms. The summed E-state index contributed by atoms with van der Waals surface area (Å²) >= 11 is 0. The lowest BCUT2D eigenvalue weighted by molar-refractivity contribution is 0.248. The molecule has 0 amide bonds. The van der Waals surface area contributed by atoms with Gasteiger partial charge in [0.2, 0.25) is 5.95 Å². The highest BCUT2D eigenvalue weighted by Crippen LogP contribution is 2.17. The van der Waals surface area contributed by atoms with Gasteiger partial charge in [0, 0.05) is 44.4 Å². The van der Waals surface area contributed by atoms with Crippen molar-refractivity contribution in [3.63, 3.8) is 0 Å². The maximum atomic E-state index is 12.9. The summed E-state index contributed by atoms with van der Waals surface area (Å²) in [5, 5.41) is 1.25. The third kappa shape index (κ3) is 3.03. The SMILES string of the molecule is Fc1cnc(N2CCN(Cc3ccc4[nH]ccc4c3)CC2)nc1. The van der Waals surface area contributed by atoms with E-state index >= 15 is 0 Å². The van der Waals surface area contributed by atoms with Crippen molar-refractivity contribution in [1.82, 2.24) is 19.9 Å². The highest BCUT2D eigenvalue weighted by Gasteiger charge is 2.19. The summed E-state index contributed by atoms with van der Waals surface area (Å²) in [4.78, 5) is 15.9. The maximum absolute atomic E-state index is 12.9. The number of nitrogens with zero attached hydrogens (tertiary/aromatic N) is 4. The molecule has 6 heteroatoms. The van der Waals surface area contributed by atoms with Crippen LogP contribution in [0.4, 0.5) is 10.3 Å². The fourth-order valence-electron chi connectivity index (χ4n) is 3.03. The molecule has 0 spiro atoms. The van der Waals surface area contributed by atoms with E-state index in [1.165, 1.54) is 28.9 Å². The molecule has 0 atom stereocenters. The lowest BCUT2D eigenvalue weighted by atomic mass is 10.1. The van der Waals surface area contributed by atoms with Gasteiger partial charge in [-0.15, -0.1) is 0 Å². The first-order valence-corrected chi connectivity index (χ1v) is 7.79. The summed E-state index contributed by atoms with van der Waals surface area (Å²) in [5.41, 5.74) is 2.50. The minimum absolute atomic E-state index is 0.396. The largest absolute Gasteiger partial charge is 0.361 e. The van der Waals surface area contributed by atoms with Crippen LogP contribution < -0.4 is 4.90 Å². The molecule has 1 saturated heterocycles. The number of piperazine rings is 1. The zero-order valence-electron chi connectivity index (χ0n) is 12.7. The standard InChI is InChI=1S/C17H18FN5/c18-15-10-20-17(21-11-15)23-7-5-22(6-8-23)12-13-1-2-16-14(9-13)3-4-19-16/h1-4,9-11,19H,5-8,12H2.